The van der Waals surface area contributed by atoms with Crippen LogP contribution in [0, 0.1) is 0 Å². The van der Waals surface area contributed by atoms with Gasteiger partial charge in [0.1, 0.15) is 0 Å². The Morgan fingerprint density at radius 1 is 1.14 bits per heavy atom. The van der Waals surface area contributed by atoms with E-state index in [2.05, 4.69) is 19.6 Å². The van der Waals surface area contributed by atoms with E-state index in [1.807, 2.05) is 0 Å². The highest BCUT2D eigenvalue weighted by Gasteiger charge is 2.17. The third-order valence-electron chi connectivity index (χ3n) is 2.28. The van der Waals surface area contributed by atoms with Crippen LogP contribution in [0.1, 0.15) is 0 Å². The molecule has 2 rings (SSSR count). The predicted octanol–water partition coefficient (Wildman–Crippen LogP) is 1.24. The lowest BCUT2D eigenvalue weighted by Crippen LogP contribution is -2.14. The molecule has 114 valence electrons. The number of hydrogen-bond acceptors (Lipinski definition) is 5. The molecule has 0 aliphatic carbocycles. The van der Waals surface area contributed by atoms with Crippen molar-refractivity contribution in [2.45, 2.75) is 5.03 Å². The van der Waals surface area contributed by atoms with E-state index < -0.39 is 20.0 Å². The van der Waals surface area contributed by atoms with E-state index in [0.29, 0.717) is 0 Å². The summed E-state index contributed by atoms with van der Waals surface area (Å²) in [4.78, 5) is 0. The molecule has 0 bridgehead atoms. The molecule has 1 heterocycles. The molecule has 0 fully saturated rings. The van der Waals surface area contributed by atoms with Crippen LogP contribution in [0.5, 0.6) is 0 Å². The molecular formula is C10H11ClN4O4S2. The number of rotatable bonds is 5. The Hall–Kier alpha value is -1.78. The quantitative estimate of drug-likeness (QED) is 0.749. The van der Waals surface area contributed by atoms with Crippen LogP contribution in [0.15, 0.2) is 35.5 Å². The highest BCUT2D eigenvalue weighted by Crippen LogP contribution is 2.27. The van der Waals surface area contributed by atoms with Gasteiger partial charge >= 0.3 is 0 Å². The Morgan fingerprint density at radius 2 is 1.86 bits per heavy atom. The van der Waals surface area contributed by atoms with Gasteiger partial charge in [-0.2, -0.15) is 13.5 Å². The van der Waals surface area contributed by atoms with Crippen LogP contribution in [0.4, 0.5) is 11.4 Å². The lowest BCUT2D eigenvalue weighted by atomic mass is 10.3. The van der Waals surface area contributed by atoms with E-state index in [1.165, 1.54) is 30.5 Å². The molecule has 0 aliphatic rings. The molecule has 0 atom stereocenters. The van der Waals surface area contributed by atoms with Gasteiger partial charge in [-0.1, -0.05) is 11.6 Å². The third kappa shape index (κ3) is 4.09. The summed E-state index contributed by atoms with van der Waals surface area (Å²) in [5.41, 5.74) is 0.226. The number of halogens is 1. The Bertz CT molecular complexity index is 847. The average molecular weight is 351 g/mol. The van der Waals surface area contributed by atoms with E-state index in [-0.39, 0.29) is 21.4 Å². The number of nitrogens with one attached hydrogen (secondary N) is 3. The van der Waals surface area contributed by atoms with Crippen LogP contribution in [0.2, 0.25) is 5.02 Å². The van der Waals surface area contributed by atoms with Gasteiger partial charge in [0.2, 0.25) is 10.0 Å². The van der Waals surface area contributed by atoms with Gasteiger partial charge in [0, 0.05) is 0 Å². The molecule has 0 saturated carbocycles. The Morgan fingerprint density at radius 3 is 2.43 bits per heavy atom. The minimum Gasteiger partial charge on any atom is -0.284 e. The van der Waals surface area contributed by atoms with Gasteiger partial charge in [-0.25, -0.2) is 8.42 Å². The molecule has 21 heavy (non-hydrogen) atoms. The molecule has 0 amide bonds. The number of hydrogen-bond donors (Lipinski definition) is 3. The average Bonchev–Trinajstić information content (AvgIpc) is 2.85. The van der Waals surface area contributed by atoms with Gasteiger partial charge in [-0.05, 0) is 24.3 Å². The van der Waals surface area contributed by atoms with E-state index in [9.17, 15) is 16.8 Å². The van der Waals surface area contributed by atoms with Crippen LogP contribution >= 0.6 is 11.6 Å². The van der Waals surface area contributed by atoms with Gasteiger partial charge in [-0.15, -0.1) is 0 Å². The molecule has 0 saturated heterocycles. The summed E-state index contributed by atoms with van der Waals surface area (Å²) in [5, 5.41) is 5.85. The zero-order valence-corrected chi connectivity index (χ0v) is 13.1. The molecule has 0 radical (unpaired) electrons. The minimum atomic E-state index is -3.88. The standard InChI is InChI=1S/C10H11ClN4O4S2/c1-20(16,17)14-7-2-3-8(11)9(6-7)15-21(18,19)10-4-5-12-13-10/h2-6,14-15H,1H3,(H,12,13). The first-order chi connectivity index (χ1) is 9.67. The number of sulfonamides is 2. The fourth-order valence-corrected chi connectivity index (χ4v) is 3.23. The van der Waals surface area contributed by atoms with Crippen molar-refractivity contribution in [3.8, 4) is 0 Å². The van der Waals surface area contributed by atoms with Gasteiger partial charge in [0.05, 0.1) is 28.9 Å². The lowest BCUT2D eigenvalue weighted by molar-refractivity contribution is 0.597. The summed E-state index contributed by atoms with van der Waals surface area (Å²) in [6.45, 7) is 0. The SMILES string of the molecule is CS(=O)(=O)Nc1ccc(Cl)c(NS(=O)(=O)c2ccn[nH]2)c1. The monoisotopic (exact) mass is 350 g/mol. The van der Waals surface area contributed by atoms with Gasteiger partial charge in [-0.3, -0.25) is 14.5 Å². The van der Waals surface area contributed by atoms with Gasteiger partial charge in [0.15, 0.2) is 5.03 Å². The highest BCUT2D eigenvalue weighted by atomic mass is 35.5. The first-order valence-corrected chi connectivity index (χ1v) is 9.22. The normalized spacial score (nSPS) is 12.1. The number of nitrogens with zero attached hydrogens (tertiary/aromatic N) is 1. The molecule has 1 aromatic carbocycles. The smallest absolute Gasteiger partial charge is 0.278 e. The Kier molecular flexibility index (Phi) is 4.12. The first-order valence-electron chi connectivity index (χ1n) is 5.47. The van der Waals surface area contributed by atoms with Crippen molar-refractivity contribution in [3.63, 3.8) is 0 Å². The molecule has 8 nitrogen and oxygen atoms in total. The number of aromatic amines is 1. The minimum absolute atomic E-state index is 0.0416. The van der Waals surface area contributed by atoms with Crippen molar-refractivity contribution in [2.24, 2.45) is 0 Å². The van der Waals surface area contributed by atoms with Crippen LogP contribution in [0.3, 0.4) is 0 Å². The van der Waals surface area contributed by atoms with Crippen molar-refractivity contribution in [3.05, 3.63) is 35.5 Å². The van der Waals surface area contributed by atoms with Gasteiger partial charge < -0.3 is 0 Å². The highest BCUT2D eigenvalue weighted by molar-refractivity contribution is 7.92. The second-order valence-electron chi connectivity index (χ2n) is 4.10. The number of anilines is 2. The van der Waals surface area contributed by atoms with Crippen LogP contribution < -0.4 is 9.44 Å². The second-order valence-corrected chi connectivity index (χ2v) is 7.90. The molecule has 0 aliphatic heterocycles. The predicted molar refractivity (Wildman–Crippen MR) is 79.3 cm³/mol. The van der Waals surface area contributed by atoms with Crippen LogP contribution in [-0.2, 0) is 20.0 Å². The summed E-state index contributed by atoms with van der Waals surface area (Å²) in [6.07, 6.45) is 2.27. The third-order valence-corrected chi connectivity index (χ3v) is 4.51. The van der Waals surface area contributed by atoms with Gasteiger partial charge in [0.25, 0.3) is 10.0 Å². The largest absolute Gasteiger partial charge is 0.284 e. The number of aromatic nitrogens is 2. The molecular weight excluding hydrogens is 340 g/mol. The van der Waals surface area contributed by atoms with E-state index >= 15 is 0 Å². The summed E-state index contributed by atoms with van der Waals surface area (Å²) in [7, 11) is -7.36. The molecule has 0 unspecified atom stereocenters. The summed E-state index contributed by atoms with van der Waals surface area (Å²) < 4.78 is 50.9. The maximum Gasteiger partial charge on any atom is 0.278 e. The summed E-state index contributed by atoms with van der Waals surface area (Å²) in [6, 6.07) is 5.34. The van der Waals surface area contributed by atoms with Crippen molar-refractivity contribution in [2.75, 3.05) is 15.7 Å². The first kappa shape index (κ1) is 15.6. The number of benzene rings is 1. The van der Waals surface area contributed by atoms with E-state index in [4.69, 9.17) is 11.6 Å². The van der Waals surface area contributed by atoms with Crippen molar-refractivity contribution < 1.29 is 16.8 Å². The molecule has 0 spiro atoms. The summed E-state index contributed by atoms with van der Waals surface area (Å²) in [5.74, 6) is 0. The van der Waals surface area contributed by atoms with Crippen LogP contribution in [-0.4, -0.2) is 33.3 Å². The fraction of sp³-hybridized carbons (Fsp3) is 0.100. The second kappa shape index (κ2) is 5.54. The van der Waals surface area contributed by atoms with Crippen molar-refractivity contribution >= 4 is 43.0 Å². The maximum atomic E-state index is 12.0. The Balaban J connectivity index is 2.34. The fourth-order valence-electron chi connectivity index (χ4n) is 1.47. The van der Waals surface area contributed by atoms with Crippen molar-refractivity contribution in [1.82, 2.24) is 10.2 Å². The van der Waals surface area contributed by atoms with E-state index in [1.54, 1.807) is 0 Å². The zero-order valence-electron chi connectivity index (χ0n) is 10.7. The Labute approximate surface area is 126 Å². The lowest BCUT2D eigenvalue weighted by Gasteiger charge is -2.10. The maximum absolute atomic E-state index is 12.0. The van der Waals surface area contributed by atoms with E-state index in [0.717, 1.165) is 6.26 Å². The van der Waals surface area contributed by atoms with Crippen molar-refractivity contribution in [1.29, 1.82) is 0 Å². The zero-order chi connectivity index (χ0) is 15.7. The molecule has 1 aromatic heterocycles. The molecule has 3 N–H and O–H groups in total. The topological polar surface area (TPSA) is 121 Å². The molecule has 11 heteroatoms. The van der Waals surface area contributed by atoms with Crippen LogP contribution in [0.25, 0.3) is 0 Å². The number of H-pyrrole nitrogens is 1. The molecule has 2 aromatic rings. The summed E-state index contributed by atoms with van der Waals surface area (Å²) >= 11 is 5.90.